The molecule has 0 aromatic rings. The Hall–Kier alpha value is -2.15. The normalized spacial score (nSPS) is 39.3. The molecule has 11 nitrogen and oxygen atoms in total. The fraction of sp³-hybridized carbons (Fsp3) is 0.818. The van der Waals surface area contributed by atoms with E-state index in [0.717, 1.165) is 43.3 Å². The van der Waals surface area contributed by atoms with Gasteiger partial charge in [-0.2, -0.15) is 0 Å². The first-order valence-electron chi connectivity index (χ1n) is 21.1. The topological polar surface area (TPSA) is 138 Å². The second-order valence-corrected chi connectivity index (χ2v) is 18.2. The summed E-state index contributed by atoms with van der Waals surface area (Å²) in [5, 5.41) is 12.0. The smallest absolute Gasteiger partial charge is 0.329 e. The third kappa shape index (κ3) is 11.3. The van der Waals surface area contributed by atoms with E-state index < -0.39 is 64.7 Å². The number of rotatable bonds is 7. The maximum absolute atomic E-state index is 14.3. The van der Waals surface area contributed by atoms with Gasteiger partial charge in [0.2, 0.25) is 5.79 Å². The summed E-state index contributed by atoms with van der Waals surface area (Å²) in [5.41, 5.74) is 1.86. The zero-order chi connectivity index (χ0) is 41.4. The largest absolute Gasteiger partial charge is 0.456 e. The van der Waals surface area contributed by atoms with Crippen molar-refractivity contribution >= 4 is 35.0 Å². The zero-order valence-electron chi connectivity index (χ0n) is 35.5. The minimum absolute atomic E-state index is 0.0158. The molecule has 0 spiro atoms. The number of esters is 1. The van der Waals surface area contributed by atoms with E-state index in [1.807, 2.05) is 26.8 Å². The van der Waals surface area contributed by atoms with Gasteiger partial charge in [-0.3, -0.25) is 14.4 Å². The van der Waals surface area contributed by atoms with Crippen molar-refractivity contribution in [2.45, 2.75) is 179 Å². The summed E-state index contributed by atoms with van der Waals surface area (Å²) in [6, 6.07) is -1.05. The monoisotopic (exact) mass is 807 g/mol. The predicted octanol–water partition coefficient (Wildman–Crippen LogP) is 7.28. The third-order valence-corrected chi connectivity index (χ3v) is 13.3. The molecule has 2 saturated heterocycles. The zero-order valence-corrected chi connectivity index (χ0v) is 36.2. The highest BCUT2D eigenvalue weighted by molar-refractivity contribution is 6.39. The number of ether oxygens (including phenoxy) is 5. The molecule has 0 aromatic heterocycles. The number of carbonyl (C=O) groups is 4. The molecule has 3 fully saturated rings. The third-order valence-electron chi connectivity index (χ3n) is 12.8. The molecule has 56 heavy (non-hydrogen) atoms. The first-order chi connectivity index (χ1) is 26.5. The lowest BCUT2D eigenvalue weighted by atomic mass is 9.82. The lowest BCUT2D eigenvalue weighted by molar-refractivity contribution is -0.302. The number of nitrogens with zero attached hydrogens (tertiary/aromatic N) is 1. The molecule has 1 amide bonds. The molecule has 1 aliphatic carbocycles. The molecule has 12 heteroatoms. The van der Waals surface area contributed by atoms with Gasteiger partial charge in [-0.25, -0.2) is 4.79 Å². The Morgan fingerprint density at radius 3 is 2.36 bits per heavy atom. The van der Waals surface area contributed by atoms with Gasteiger partial charge in [0, 0.05) is 46.1 Å². The molecule has 4 rings (SSSR count). The predicted molar refractivity (Wildman–Crippen MR) is 215 cm³/mol. The molecule has 3 aliphatic heterocycles. The number of alkyl halides is 1. The molecule has 1 saturated carbocycles. The van der Waals surface area contributed by atoms with Gasteiger partial charge in [0.05, 0.1) is 23.2 Å². The maximum Gasteiger partial charge on any atom is 0.329 e. The van der Waals surface area contributed by atoms with Gasteiger partial charge in [-0.1, -0.05) is 51.8 Å². The SMILES string of the molecule is CCCC1C=C(C)CC(C)CC(OC)C2OC(O)(C(=O)C(=O)N3CCCCC3C(=O)OC(C(C)=CC3(Cl)CCCC(OC)C3)C(C)CCC1=O)C(C)CC2OC. The molecule has 3 heterocycles. The molecule has 1 N–H and O–H groups in total. The number of halogens is 1. The van der Waals surface area contributed by atoms with Gasteiger partial charge in [0.1, 0.15) is 24.0 Å². The van der Waals surface area contributed by atoms with Crippen LogP contribution in [-0.4, -0.2) is 109 Å². The highest BCUT2D eigenvalue weighted by Gasteiger charge is 2.56. The summed E-state index contributed by atoms with van der Waals surface area (Å²) >= 11 is 7.22. The van der Waals surface area contributed by atoms with Crippen molar-refractivity contribution in [3.05, 3.63) is 23.3 Å². The van der Waals surface area contributed by atoms with Crippen molar-refractivity contribution < 1.29 is 48.0 Å². The lowest BCUT2D eigenvalue weighted by Gasteiger charge is -2.47. The fourth-order valence-corrected chi connectivity index (χ4v) is 10.1. The van der Waals surface area contributed by atoms with E-state index in [9.17, 15) is 24.3 Å². The van der Waals surface area contributed by atoms with Gasteiger partial charge >= 0.3 is 5.97 Å². The van der Waals surface area contributed by atoms with Gasteiger partial charge in [0.15, 0.2) is 0 Å². The summed E-state index contributed by atoms with van der Waals surface area (Å²) in [6.45, 7) is 11.9. The van der Waals surface area contributed by atoms with Crippen LogP contribution >= 0.6 is 11.6 Å². The molecular weight excluding hydrogens is 738 g/mol. The number of fused-ring (bicyclic) bond motifs is 3. The van der Waals surface area contributed by atoms with Gasteiger partial charge in [-0.05, 0) is 108 Å². The second-order valence-electron chi connectivity index (χ2n) is 17.5. The first kappa shape index (κ1) is 46.5. The van der Waals surface area contributed by atoms with E-state index in [4.69, 9.17) is 35.3 Å². The minimum Gasteiger partial charge on any atom is -0.456 e. The molecule has 12 atom stereocenters. The molecule has 2 bridgehead atoms. The van der Waals surface area contributed by atoms with Crippen LogP contribution in [0.4, 0.5) is 0 Å². The molecule has 4 aliphatic rings. The van der Waals surface area contributed by atoms with Crippen LogP contribution in [0.3, 0.4) is 0 Å². The Balaban J connectivity index is 1.76. The Morgan fingerprint density at radius 1 is 1.00 bits per heavy atom. The van der Waals surface area contributed by atoms with Crippen molar-refractivity contribution in [3.8, 4) is 0 Å². The van der Waals surface area contributed by atoms with E-state index in [0.29, 0.717) is 51.4 Å². The number of ketones is 2. The number of Topliss-reactive ketones (excluding diaryl/α,β-unsaturated/α-hetero) is 2. The number of hydrogen-bond donors (Lipinski definition) is 1. The highest BCUT2D eigenvalue weighted by atomic mass is 35.5. The van der Waals surface area contributed by atoms with Gasteiger partial charge in [0.25, 0.3) is 11.7 Å². The van der Waals surface area contributed by atoms with Crippen LogP contribution in [0.5, 0.6) is 0 Å². The quantitative estimate of drug-likeness (QED) is 0.121. The number of methoxy groups -OCH3 is 3. The summed E-state index contributed by atoms with van der Waals surface area (Å²) in [4.78, 5) is 57.3. The van der Waals surface area contributed by atoms with Crippen LogP contribution in [0.2, 0.25) is 0 Å². The number of hydrogen-bond acceptors (Lipinski definition) is 10. The van der Waals surface area contributed by atoms with Crippen molar-refractivity contribution in [3.63, 3.8) is 0 Å². The van der Waals surface area contributed by atoms with E-state index in [2.05, 4.69) is 19.9 Å². The van der Waals surface area contributed by atoms with Crippen LogP contribution in [0.1, 0.15) is 131 Å². The molecule has 318 valence electrons. The number of carbonyl (C=O) groups excluding carboxylic acids is 4. The Labute approximate surface area is 340 Å². The summed E-state index contributed by atoms with van der Waals surface area (Å²) in [7, 11) is 4.81. The van der Waals surface area contributed by atoms with Crippen LogP contribution in [-0.2, 0) is 42.9 Å². The highest BCUT2D eigenvalue weighted by Crippen LogP contribution is 2.41. The standard InChI is InChI=1S/C44H70ClNO10/c1-10-14-32-22-27(2)21-28(3)23-36(53-8)39-37(54-9)24-31(6)44(51,56-39)40(48)41(49)46-20-12-11-16-34(46)42(50)55-38(29(4)17-18-35(32)47)30(5)25-43(45)19-13-15-33(26-43)52-7/h22,25,28-29,31-34,36-39,51H,10-21,23-24,26H2,1-9H3. The first-order valence-corrected chi connectivity index (χ1v) is 21.5. The summed E-state index contributed by atoms with van der Waals surface area (Å²) in [5.74, 6) is -6.24. The van der Waals surface area contributed by atoms with Crippen LogP contribution < -0.4 is 0 Å². The van der Waals surface area contributed by atoms with Gasteiger partial charge < -0.3 is 33.7 Å². The summed E-state index contributed by atoms with van der Waals surface area (Å²) < 4.78 is 30.1. The van der Waals surface area contributed by atoms with E-state index in [1.54, 1.807) is 28.3 Å². The average molecular weight is 808 g/mol. The number of aliphatic hydroxyl groups is 1. The molecular formula is C44H70ClNO10. The van der Waals surface area contributed by atoms with E-state index in [1.165, 1.54) is 4.90 Å². The number of cyclic esters (lactones) is 1. The fourth-order valence-electron chi connectivity index (χ4n) is 9.62. The minimum atomic E-state index is -2.46. The lowest BCUT2D eigenvalue weighted by Crippen LogP contribution is -2.64. The van der Waals surface area contributed by atoms with Crippen LogP contribution in [0.15, 0.2) is 23.3 Å². The molecule has 0 radical (unpaired) electrons. The average Bonchev–Trinajstić information content (AvgIpc) is 3.17. The molecule has 0 aromatic carbocycles. The van der Waals surface area contributed by atoms with Crippen LogP contribution in [0, 0.1) is 23.7 Å². The molecule has 12 unspecified atom stereocenters. The van der Waals surface area contributed by atoms with Crippen LogP contribution in [0.25, 0.3) is 0 Å². The van der Waals surface area contributed by atoms with Crippen molar-refractivity contribution in [2.75, 3.05) is 27.9 Å². The van der Waals surface area contributed by atoms with Crippen molar-refractivity contribution in [1.29, 1.82) is 0 Å². The van der Waals surface area contributed by atoms with E-state index >= 15 is 0 Å². The summed E-state index contributed by atoms with van der Waals surface area (Å²) in [6.07, 6.45) is 10.00. The Kier molecular flexibility index (Phi) is 17.2. The number of allylic oxidation sites excluding steroid dienone is 3. The maximum atomic E-state index is 14.3. The Morgan fingerprint density at radius 2 is 1.70 bits per heavy atom. The van der Waals surface area contributed by atoms with Crippen molar-refractivity contribution in [2.24, 2.45) is 23.7 Å². The number of piperidine rings is 1. The Bertz CT molecular complexity index is 1430. The van der Waals surface area contributed by atoms with Gasteiger partial charge in [-0.15, -0.1) is 11.6 Å². The van der Waals surface area contributed by atoms with Crippen molar-refractivity contribution in [1.82, 2.24) is 4.90 Å². The number of amides is 1. The second kappa shape index (κ2) is 20.7. The van der Waals surface area contributed by atoms with E-state index in [-0.39, 0.29) is 42.6 Å².